The molecule has 0 unspecified atom stereocenters. The van der Waals surface area contributed by atoms with Gasteiger partial charge in [0.2, 0.25) is 10.0 Å². The maximum absolute atomic E-state index is 12.5. The van der Waals surface area contributed by atoms with Crippen molar-refractivity contribution in [2.75, 3.05) is 45.4 Å². The van der Waals surface area contributed by atoms with Crippen molar-refractivity contribution < 1.29 is 21.6 Å². The number of nitrogens with one attached hydrogen (secondary N) is 1. The highest BCUT2D eigenvalue weighted by Crippen LogP contribution is 2.18. The molecule has 8 nitrogen and oxygen atoms in total. The molecule has 0 saturated heterocycles. The van der Waals surface area contributed by atoms with E-state index in [4.69, 9.17) is 0 Å². The molecular weight excluding hydrogens is 486 g/mol. The number of likely N-dealkylation sites (N-methyl/N-ethyl adjacent to an activating group) is 1. The number of anilines is 1. The third-order valence-electron chi connectivity index (χ3n) is 4.67. The van der Waals surface area contributed by atoms with Crippen molar-refractivity contribution in [3.8, 4) is 0 Å². The number of hydrogen-bond donors (Lipinski definition) is 1. The van der Waals surface area contributed by atoms with Gasteiger partial charge in [0.1, 0.15) is 0 Å². The maximum atomic E-state index is 12.5. The van der Waals surface area contributed by atoms with Crippen LogP contribution < -0.4 is 9.62 Å². The zero-order valence-corrected chi connectivity index (χ0v) is 21.5. The monoisotopic (exact) mass is 515 g/mol. The van der Waals surface area contributed by atoms with Gasteiger partial charge in [-0.15, -0.1) is 12.4 Å². The molecule has 1 amide bonds. The summed E-state index contributed by atoms with van der Waals surface area (Å²) in [5.41, 5.74) is 1.22. The van der Waals surface area contributed by atoms with Crippen LogP contribution in [-0.4, -0.2) is 68.1 Å². The normalized spacial score (nSPS) is 12.0. The standard InChI is InChI=1S/C22H29N3O5S2.ClH/c1-24(2)17-5-16-23-32(29,30)21-13-9-19(10-14-21)25(3)22(26)15-8-18-6-11-20(12-7-18)31(4,27)28;/h6-15,23H,5,16-17H2,1-4H3;1H. The molecule has 0 atom stereocenters. The molecule has 0 bridgehead atoms. The first-order chi connectivity index (χ1) is 14.9. The van der Waals surface area contributed by atoms with E-state index in [-0.39, 0.29) is 28.1 Å². The van der Waals surface area contributed by atoms with E-state index in [2.05, 4.69) is 4.72 Å². The highest BCUT2D eigenvalue weighted by atomic mass is 35.5. The van der Waals surface area contributed by atoms with Crippen molar-refractivity contribution in [3.63, 3.8) is 0 Å². The first kappa shape index (κ1) is 28.8. The minimum Gasteiger partial charge on any atom is -0.312 e. The Balaban J connectivity index is 0.00000544. The lowest BCUT2D eigenvalue weighted by Crippen LogP contribution is -2.27. The van der Waals surface area contributed by atoms with Gasteiger partial charge in [-0.3, -0.25) is 4.79 Å². The molecule has 1 N–H and O–H groups in total. The number of nitrogens with zero attached hydrogens (tertiary/aromatic N) is 2. The smallest absolute Gasteiger partial charge is 0.250 e. The molecule has 11 heteroatoms. The molecule has 0 radical (unpaired) electrons. The Morgan fingerprint density at radius 2 is 1.45 bits per heavy atom. The predicted octanol–water partition coefficient (Wildman–Crippen LogP) is 2.42. The Hall–Kier alpha value is -2.24. The van der Waals surface area contributed by atoms with Crippen molar-refractivity contribution in [2.45, 2.75) is 16.2 Å². The SMILES string of the molecule is CN(C)CCCNS(=O)(=O)c1ccc(N(C)C(=O)C=Cc2ccc(S(C)(=O)=O)cc2)cc1.Cl. The van der Waals surface area contributed by atoms with Crippen LogP contribution in [0.1, 0.15) is 12.0 Å². The molecule has 2 aromatic carbocycles. The number of carbonyl (C=O) groups is 1. The van der Waals surface area contributed by atoms with Crippen molar-refractivity contribution in [2.24, 2.45) is 0 Å². The summed E-state index contributed by atoms with van der Waals surface area (Å²) in [6.45, 7) is 1.13. The summed E-state index contributed by atoms with van der Waals surface area (Å²) < 4.78 is 50.4. The fourth-order valence-corrected chi connectivity index (χ4v) is 4.47. The van der Waals surface area contributed by atoms with Crippen LogP contribution in [0.25, 0.3) is 6.08 Å². The molecule has 0 aliphatic carbocycles. The third kappa shape index (κ3) is 8.90. The van der Waals surface area contributed by atoms with Crippen molar-refractivity contribution in [3.05, 3.63) is 60.2 Å². The van der Waals surface area contributed by atoms with Crippen molar-refractivity contribution in [1.29, 1.82) is 0 Å². The summed E-state index contributed by atoms with van der Waals surface area (Å²) in [5, 5.41) is 0. The van der Waals surface area contributed by atoms with Crippen LogP contribution in [0.15, 0.2) is 64.4 Å². The number of carbonyl (C=O) groups excluding carboxylic acids is 1. The average molecular weight is 516 g/mol. The number of hydrogen-bond acceptors (Lipinski definition) is 6. The van der Waals surface area contributed by atoms with E-state index in [1.165, 1.54) is 35.2 Å². The van der Waals surface area contributed by atoms with Crippen LogP contribution in [0.4, 0.5) is 5.69 Å². The molecule has 182 valence electrons. The summed E-state index contributed by atoms with van der Waals surface area (Å²) in [7, 11) is -1.45. The van der Waals surface area contributed by atoms with Gasteiger partial charge < -0.3 is 9.80 Å². The van der Waals surface area contributed by atoms with E-state index >= 15 is 0 Å². The van der Waals surface area contributed by atoms with Crippen molar-refractivity contribution in [1.82, 2.24) is 9.62 Å². The number of sulfone groups is 1. The summed E-state index contributed by atoms with van der Waals surface area (Å²) in [6, 6.07) is 12.3. The summed E-state index contributed by atoms with van der Waals surface area (Å²) in [4.78, 5) is 16.2. The van der Waals surface area contributed by atoms with Gasteiger partial charge in [0.05, 0.1) is 9.79 Å². The first-order valence-corrected chi connectivity index (χ1v) is 13.3. The minimum atomic E-state index is -3.61. The molecule has 0 fully saturated rings. The average Bonchev–Trinajstić information content (AvgIpc) is 2.74. The fraction of sp³-hybridized carbons (Fsp3) is 0.318. The van der Waals surface area contributed by atoms with Gasteiger partial charge in [-0.2, -0.15) is 0 Å². The number of sulfonamides is 1. The van der Waals surface area contributed by atoms with Crippen molar-refractivity contribution >= 4 is 49.9 Å². The van der Waals surface area contributed by atoms with E-state index in [9.17, 15) is 21.6 Å². The van der Waals surface area contributed by atoms with E-state index in [1.807, 2.05) is 19.0 Å². The minimum absolute atomic E-state index is 0. The van der Waals surface area contributed by atoms with Gasteiger partial charge in [-0.05, 0) is 75.1 Å². The summed E-state index contributed by atoms with van der Waals surface area (Å²) in [6.07, 6.45) is 4.78. The molecule has 33 heavy (non-hydrogen) atoms. The highest BCUT2D eigenvalue weighted by Gasteiger charge is 2.15. The van der Waals surface area contributed by atoms with Crippen LogP contribution in [0.2, 0.25) is 0 Å². The van der Waals surface area contributed by atoms with E-state index in [0.29, 0.717) is 24.2 Å². The topological polar surface area (TPSA) is 104 Å². The van der Waals surface area contributed by atoms with E-state index < -0.39 is 19.9 Å². The number of amides is 1. The molecule has 2 rings (SSSR count). The fourth-order valence-electron chi connectivity index (χ4n) is 2.77. The molecule has 0 aromatic heterocycles. The second-order valence-electron chi connectivity index (χ2n) is 7.62. The molecule has 2 aromatic rings. The Morgan fingerprint density at radius 1 is 0.909 bits per heavy atom. The van der Waals surface area contributed by atoms with Gasteiger partial charge in [-0.1, -0.05) is 12.1 Å². The molecule has 0 spiro atoms. The van der Waals surface area contributed by atoms with Gasteiger partial charge in [0.15, 0.2) is 9.84 Å². The number of rotatable bonds is 10. The Labute approximate surface area is 202 Å². The highest BCUT2D eigenvalue weighted by molar-refractivity contribution is 7.90. The van der Waals surface area contributed by atoms with Gasteiger partial charge in [0.25, 0.3) is 5.91 Å². The largest absolute Gasteiger partial charge is 0.312 e. The molecule has 0 aliphatic heterocycles. The second-order valence-corrected chi connectivity index (χ2v) is 11.4. The second kappa shape index (κ2) is 12.3. The lowest BCUT2D eigenvalue weighted by Gasteiger charge is -2.16. The van der Waals surface area contributed by atoms with Crippen LogP contribution >= 0.6 is 12.4 Å². The van der Waals surface area contributed by atoms with Crippen LogP contribution in [-0.2, 0) is 24.7 Å². The Bertz CT molecular complexity index is 1160. The number of benzene rings is 2. The molecular formula is C22H30ClN3O5S2. The maximum Gasteiger partial charge on any atom is 0.250 e. The summed E-state index contributed by atoms with van der Waals surface area (Å²) in [5.74, 6) is -0.311. The Morgan fingerprint density at radius 3 is 1.97 bits per heavy atom. The van der Waals surface area contributed by atoms with E-state index in [0.717, 1.165) is 12.8 Å². The predicted molar refractivity (Wildman–Crippen MR) is 134 cm³/mol. The van der Waals surface area contributed by atoms with Crippen LogP contribution in [0.3, 0.4) is 0 Å². The lowest BCUT2D eigenvalue weighted by atomic mass is 10.2. The molecule has 0 aliphatic rings. The van der Waals surface area contributed by atoms with Crippen LogP contribution in [0.5, 0.6) is 0 Å². The van der Waals surface area contributed by atoms with E-state index in [1.54, 1.807) is 37.4 Å². The lowest BCUT2D eigenvalue weighted by molar-refractivity contribution is -0.113. The summed E-state index contributed by atoms with van der Waals surface area (Å²) >= 11 is 0. The zero-order valence-electron chi connectivity index (χ0n) is 19.1. The van der Waals surface area contributed by atoms with Gasteiger partial charge in [0, 0.05) is 31.6 Å². The van der Waals surface area contributed by atoms with Crippen LogP contribution in [0, 0.1) is 0 Å². The molecule has 0 saturated carbocycles. The molecule has 0 heterocycles. The first-order valence-electron chi connectivity index (χ1n) is 9.90. The Kier molecular flexibility index (Phi) is 10.7. The van der Waals surface area contributed by atoms with Gasteiger partial charge >= 0.3 is 0 Å². The number of halogens is 1. The zero-order chi connectivity index (χ0) is 23.9. The third-order valence-corrected chi connectivity index (χ3v) is 7.27. The van der Waals surface area contributed by atoms with Gasteiger partial charge in [-0.25, -0.2) is 21.6 Å². The quantitative estimate of drug-likeness (QED) is 0.385.